The molecule has 4 heteroatoms. The highest BCUT2D eigenvalue weighted by atomic mass is 16.5. The molecule has 1 aromatic heterocycles. The van der Waals surface area contributed by atoms with E-state index in [-0.39, 0.29) is 0 Å². The molecule has 0 fully saturated rings. The van der Waals surface area contributed by atoms with Crippen LogP contribution < -0.4 is 10.5 Å². The summed E-state index contributed by atoms with van der Waals surface area (Å²) in [6.45, 7) is 6.16. The lowest BCUT2D eigenvalue weighted by Gasteiger charge is -2.08. The van der Waals surface area contributed by atoms with Crippen LogP contribution in [-0.2, 0) is 13.5 Å². The van der Waals surface area contributed by atoms with E-state index in [0.29, 0.717) is 11.6 Å². The lowest BCUT2D eigenvalue weighted by atomic mass is 10.1. The third kappa shape index (κ3) is 2.18. The first-order chi connectivity index (χ1) is 8.52. The number of anilines is 1. The minimum atomic E-state index is 0.607. The Morgan fingerprint density at radius 2 is 2.00 bits per heavy atom. The Bertz CT molecular complexity index is 573. The summed E-state index contributed by atoms with van der Waals surface area (Å²) in [7, 11) is 1.84. The lowest BCUT2D eigenvalue weighted by Crippen LogP contribution is -1.97. The Hall–Kier alpha value is -1.97. The third-order valence-corrected chi connectivity index (χ3v) is 3.13. The Labute approximate surface area is 107 Å². The van der Waals surface area contributed by atoms with Crippen LogP contribution in [0.25, 0.3) is 0 Å². The highest BCUT2D eigenvalue weighted by molar-refractivity contribution is 5.54. The number of rotatable bonds is 3. The van der Waals surface area contributed by atoms with E-state index >= 15 is 0 Å². The molecule has 18 heavy (non-hydrogen) atoms. The number of nitrogens with zero attached hydrogens (tertiary/aromatic N) is 2. The van der Waals surface area contributed by atoms with Crippen molar-refractivity contribution in [2.24, 2.45) is 7.05 Å². The van der Waals surface area contributed by atoms with E-state index in [2.05, 4.69) is 18.9 Å². The molecule has 2 rings (SSSR count). The fraction of sp³-hybridized carbons (Fsp3) is 0.357. The van der Waals surface area contributed by atoms with Gasteiger partial charge in [-0.15, -0.1) is 0 Å². The normalized spacial score (nSPS) is 10.7. The van der Waals surface area contributed by atoms with Gasteiger partial charge in [-0.05, 0) is 43.5 Å². The maximum Gasteiger partial charge on any atom is 0.241 e. The number of benzene rings is 1. The molecule has 0 radical (unpaired) electrons. The van der Waals surface area contributed by atoms with Crippen LogP contribution in [0.3, 0.4) is 0 Å². The fourth-order valence-corrected chi connectivity index (χ4v) is 1.85. The van der Waals surface area contributed by atoms with Gasteiger partial charge in [0.1, 0.15) is 11.4 Å². The molecule has 2 aromatic rings. The molecule has 0 saturated heterocycles. The fourth-order valence-electron chi connectivity index (χ4n) is 1.85. The van der Waals surface area contributed by atoms with E-state index in [1.807, 2.05) is 32.2 Å². The van der Waals surface area contributed by atoms with Crippen molar-refractivity contribution in [1.29, 1.82) is 0 Å². The molecule has 0 saturated carbocycles. The van der Waals surface area contributed by atoms with Crippen molar-refractivity contribution in [3.8, 4) is 11.6 Å². The summed E-state index contributed by atoms with van der Waals surface area (Å²) in [6.07, 6.45) is 0.802. The maximum atomic E-state index is 6.02. The summed E-state index contributed by atoms with van der Waals surface area (Å²) >= 11 is 0. The van der Waals surface area contributed by atoms with Crippen LogP contribution in [0.5, 0.6) is 11.6 Å². The Morgan fingerprint density at radius 3 is 2.56 bits per heavy atom. The van der Waals surface area contributed by atoms with Crippen molar-refractivity contribution in [1.82, 2.24) is 9.78 Å². The van der Waals surface area contributed by atoms with E-state index in [4.69, 9.17) is 10.5 Å². The van der Waals surface area contributed by atoms with Crippen molar-refractivity contribution in [3.63, 3.8) is 0 Å². The van der Waals surface area contributed by atoms with Gasteiger partial charge >= 0.3 is 0 Å². The summed E-state index contributed by atoms with van der Waals surface area (Å²) in [6, 6.07) is 5.99. The highest BCUT2D eigenvalue weighted by Gasteiger charge is 2.14. The average Bonchev–Trinajstić information content (AvgIpc) is 2.61. The predicted molar refractivity (Wildman–Crippen MR) is 73.0 cm³/mol. The second-order valence-corrected chi connectivity index (χ2v) is 4.49. The molecular weight excluding hydrogens is 226 g/mol. The van der Waals surface area contributed by atoms with Gasteiger partial charge in [-0.3, -0.25) is 0 Å². The molecular formula is C14H19N3O. The first-order valence-electron chi connectivity index (χ1n) is 6.09. The molecule has 0 aliphatic heterocycles. The Kier molecular flexibility index (Phi) is 3.28. The van der Waals surface area contributed by atoms with Gasteiger partial charge in [-0.2, -0.15) is 5.10 Å². The van der Waals surface area contributed by atoms with Gasteiger partial charge in [0, 0.05) is 7.05 Å². The first kappa shape index (κ1) is 12.5. The zero-order valence-electron chi connectivity index (χ0n) is 11.3. The van der Waals surface area contributed by atoms with Crippen LogP contribution >= 0.6 is 0 Å². The first-order valence-corrected chi connectivity index (χ1v) is 6.09. The van der Waals surface area contributed by atoms with E-state index in [1.165, 1.54) is 11.1 Å². The van der Waals surface area contributed by atoms with Gasteiger partial charge in [0.25, 0.3) is 0 Å². The van der Waals surface area contributed by atoms with Gasteiger partial charge in [-0.1, -0.05) is 13.0 Å². The Balaban J connectivity index is 2.33. The molecule has 1 aromatic carbocycles. The summed E-state index contributed by atoms with van der Waals surface area (Å²) < 4.78 is 7.52. The van der Waals surface area contributed by atoms with Crippen molar-refractivity contribution in [2.45, 2.75) is 27.2 Å². The smallest absolute Gasteiger partial charge is 0.241 e. The number of ether oxygens (including phenoxy) is 1. The van der Waals surface area contributed by atoms with Crippen LogP contribution in [0.1, 0.15) is 23.7 Å². The Morgan fingerprint density at radius 1 is 1.28 bits per heavy atom. The van der Waals surface area contributed by atoms with Crippen LogP contribution in [0.2, 0.25) is 0 Å². The molecule has 0 aliphatic rings. The molecule has 0 bridgehead atoms. The topological polar surface area (TPSA) is 53.1 Å². The van der Waals surface area contributed by atoms with Crippen LogP contribution in [0.15, 0.2) is 18.2 Å². The molecule has 1 heterocycles. The molecule has 2 N–H and O–H groups in total. The molecule has 0 unspecified atom stereocenters. The van der Waals surface area contributed by atoms with E-state index in [0.717, 1.165) is 17.9 Å². The van der Waals surface area contributed by atoms with Crippen molar-refractivity contribution < 1.29 is 4.74 Å². The zero-order valence-corrected chi connectivity index (χ0v) is 11.3. The monoisotopic (exact) mass is 245 g/mol. The van der Waals surface area contributed by atoms with Crippen molar-refractivity contribution >= 4 is 5.69 Å². The van der Waals surface area contributed by atoms with E-state index in [9.17, 15) is 0 Å². The standard InChI is InChI=1S/C14H19N3O/c1-5-12-13(15)14(17(4)16-12)18-11-7-6-9(2)10(3)8-11/h6-8H,5,15H2,1-4H3. The summed E-state index contributed by atoms with van der Waals surface area (Å²) in [4.78, 5) is 0. The quantitative estimate of drug-likeness (QED) is 0.904. The number of hydrogen-bond donors (Lipinski definition) is 1. The largest absolute Gasteiger partial charge is 0.437 e. The SMILES string of the molecule is CCc1nn(C)c(Oc2ccc(C)c(C)c2)c1N. The molecule has 0 aliphatic carbocycles. The van der Waals surface area contributed by atoms with Crippen LogP contribution in [0, 0.1) is 13.8 Å². The van der Waals surface area contributed by atoms with Gasteiger partial charge in [0.2, 0.25) is 5.88 Å². The van der Waals surface area contributed by atoms with Gasteiger partial charge in [-0.25, -0.2) is 4.68 Å². The third-order valence-electron chi connectivity index (χ3n) is 3.13. The zero-order chi connectivity index (χ0) is 13.3. The molecule has 0 spiro atoms. The molecule has 0 amide bonds. The van der Waals surface area contributed by atoms with Crippen molar-refractivity contribution in [2.75, 3.05) is 5.73 Å². The second-order valence-electron chi connectivity index (χ2n) is 4.49. The molecule has 96 valence electrons. The maximum absolute atomic E-state index is 6.02. The van der Waals surface area contributed by atoms with Gasteiger partial charge in [0.15, 0.2) is 0 Å². The summed E-state index contributed by atoms with van der Waals surface area (Å²) in [5, 5.41) is 4.33. The number of hydrogen-bond acceptors (Lipinski definition) is 3. The van der Waals surface area contributed by atoms with Gasteiger partial charge in [0.05, 0.1) is 5.69 Å². The minimum Gasteiger partial charge on any atom is -0.437 e. The van der Waals surface area contributed by atoms with Crippen LogP contribution in [-0.4, -0.2) is 9.78 Å². The minimum absolute atomic E-state index is 0.607. The molecule has 0 atom stereocenters. The highest BCUT2D eigenvalue weighted by Crippen LogP contribution is 2.30. The lowest BCUT2D eigenvalue weighted by molar-refractivity contribution is 0.432. The van der Waals surface area contributed by atoms with Gasteiger partial charge < -0.3 is 10.5 Å². The van der Waals surface area contributed by atoms with E-state index in [1.54, 1.807) is 4.68 Å². The second kappa shape index (κ2) is 4.72. The number of nitrogen functional groups attached to an aromatic ring is 1. The summed E-state index contributed by atoms with van der Waals surface area (Å²) in [5.41, 5.74) is 9.96. The number of aryl methyl sites for hydroxylation is 4. The van der Waals surface area contributed by atoms with E-state index < -0.39 is 0 Å². The number of aromatic nitrogens is 2. The van der Waals surface area contributed by atoms with Crippen molar-refractivity contribution in [3.05, 3.63) is 35.0 Å². The van der Waals surface area contributed by atoms with Crippen LogP contribution in [0.4, 0.5) is 5.69 Å². The number of nitrogens with two attached hydrogens (primary N) is 1. The average molecular weight is 245 g/mol. The molecule has 4 nitrogen and oxygen atoms in total. The summed E-state index contributed by atoms with van der Waals surface area (Å²) in [5.74, 6) is 1.39. The predicted octanol–water partition coefficient (Wildman–Crippen LogP) is 2.97.